The number of hydrogen-bond acceptors (Lipinski definition) is 5. The number of nitrogens with zero attached hydrogens (tertiary/aromatic N) is 3. The topological polar surface area (TPSA) is 106 Å². The predicted octanol–water partition coefficient (Wildman–Crippen LogP) is 2.50. The van der Waals surface area contributed by atoms with Gasteiger partial charge in [0.1, 0.15) is 29.9 Å². The Bertz CT molecular complexity index is 1130. The van der Waals surface area contributed by atoms with Gasteiger partial charge in [0.25, 0.3) is 5.91 Å². The summed E-state index contributed by atoms with van der Waals surface area (Å²) in [4.78, 5) is 16.6. The standard InChI is InChI=1S/C19H18ClF2N5O2/c1-11(26-18(28)14-4-2-12(20)6-17(14)23)19(29,8-27-10-24-9-25-27)15-5-3-13(21)7-16(15)22/h2-7,9-11,29H,8,23H2,1H3,(H,26,28)/t11-,19+/m0/s1/i1D3. The summed E-state index contributed by atoms with van der Waals surface area (Å²) in [5.74, 6) is -3.08. The lowest BCUT2D eigenvalue weighted by Crippen LogP contribution is -2.52. The van der Waals surface area contributed by atoms with Crippen LogP contribution >= 0.6 is 11.6 Å². The van der Waals surface area contributed by atoms with Gasteiger partial charge in [0.15, 0.2) is 0 Å². The fourth-order valence-corrected chi connectivity index (χ4v) is 2.98. The van der Waals surface area contributed by atoms with Gasteiger partial charge in [0, 0.05) is 26.5 Å². The second-order valence-electron chi connectivity index (χ2n) is 6.28. The fraction of sp³-hybridized carbons (Fsp3) is 0.211. The maximum Gasteiger partial charge on any atom is 0.253 e. The molecule has 4 N–H and O–H groups in total. The minimum absolute atomic E-state index is 0.0351. The van der Waals surface area contributed by atoms with Crippen molar-refractivity contribution in [1.82, 2.24) is 20.1 Å². The van der Waals surface area contributed by atoms with Crippen LogP contribution in [0.3, 0.4) is 0 Å². The molecule has 7 nitrogen and oxygen atoms in total. The lowest BCUT2D eigenvalue weighted by Gasteiger charge is -2.35. The quantitative estimate of drug-likeness (QED) is 0.527. The second kappa shape index (κ2) is 8.14. The Labute approximate surface area is 174 Å². The van der Waals surface area contributed by atoms with E-state index in [4.69, 9.17) is 21.4 Å². The molecule has 0 aliphatic rings. The molecule has 1 amide bonds. The van der Waals surface area contributed by atoms with E-state index in [0.29, 0.717) is 6.07 Å². The molecule has 1 aromatic heterocycles. The van der Waals surface area contributed by atoms with Gasteiger partial charge in [-0.15, -0.1) is 0 Å². The molecule has 10 heteroatoms. The van der Waals surface area contributed by atoms with Gasteiger partial charge in [0.2, 0.25) is 0 Å². The van der Waals surface area contributed by atoms with E-state index in [1.54, 1.807) is 0 Å². The average molecular weight is 425 g/mol. The maximum absolute atomic E-state index is 14.7. The zero-order chi connectivity index (χ0) is 23.7. The number of benzene rings is 2. The SMILES string of the molecule is [2H]C([2H])([2H])[C@H](NC(=O)c1ccc(Cl)cc1N)[C@](O)(Cn1cncn1)c1ccc(F)cc1F. The molecule has 0 fully saturated rings. The number of carbonyl (C=O) groups excluding carboxylic acids is 1. The Morgan fingerprint density at radius 2 is 2.21 bits per heavy atom. The number of nitrogens with one attached hydrogen (secondary N) is 1. The molecule has 2 aromatic carbocycles. The van der Waals surface area contributed by atoms with E-state index in [1.165, 1.54) is 24.5 Å². The Balaban J connectivity index is 2.11. The van der Waals surface area contributed by atoms with Crippen molar-refractivity contribution in [3.8, 4) is 0 Å². The molecule has 0 spiro atoms. The molecule has 0 saturated heterocycles. The molecule has 0 aliphatic carbocycles. The number of rotatable bonds is 6. The first-order valence-electron chi connectivity index (χ1n) is 9.78. The van der Waals surface area contributed by atoms with Crippen molar-refractivity contribution in [3.63, 3.8) is 0 Å². The van der Waals surface area contributed by atoms with Crippen molar-refractivity contribution in [2.24, 2.45) is 0 Å². The van der Waals surface area contributed by atoms with E-state index >= 15 is 0 Å². The van der Waals surface area contributed by atoms with Crippen molar-refractivity contribution in [2.45, 2.75) is 25.0 Å². The minimum atomic E-state index is -3.03. The average Bonchev–Trinajstić information content (AvgIpc) is 3.17. The van der Waals surface area contributed by atoms with Gasteiger partial charge in [-0.05, 0) is 31.1 Å². The number of anilines is 1. The van der Waals surface area contributed by atoms with Crippen LogP contribution in [0.4, 0.5) is 14.5 Å². The first kappa shape index (κ1) is 16.9. The molecule has 3 aromatic rings. The maximum atomic E-state index is 14.7. The van der Waals surface area contributed by atoms with Crippen molar-refractivity contribution in [3.05, 3.63) is 76.8 Å². The van der Waals surface area contributed by atoms with Crippen molar-refractivity contribution >= 4 is 23.2 Å². The summed E-state index contributed by atoms with van der Waals surface area (Å²) in [6, 6.07) is 4.15. The summed E-state index contributed by atoms with van der Waals surface area (Å²) in [5, 5.41) is 17.9. The van der Waals surface area contributed by atoms with E-state index in [0.717, 1.165) is 23.1 Å². The summed E-state index contributed by atoms with van der Waals surface area (Å²) >= 11 is 5.83. The van der Waals surface area contributed by atoms with Crippen LogP contribution < -0.4 is 11.1 Å². The molecular weight excluding hydrogens is 404 g/mol. The fourth-order valence-electron chi connectivity index (χ4n) is 2.80. The van der Waals surface area contributed by atoms with E-state index in [2.05, 4.69) is 15.4 Å². The molecule has 29 heavy (non-hydrogen) atoms. The highest BCUT2D eigenvalue weighted by atomic mass is 35.5. The first-order chi connectivity index (χ1) is 14.9. The third kappa shape index (κ3) is 4.36. The Morgan fingerprint density at radius 3 is 2.83 bits per heavy atom. The third-order valence-corrected chi connectivity index (χ3v) is 4.51. The highest BCUT2D eigenvalue weighted by Crippen LogP contribution is 2.30. The molecular formula is C19H18ClF2N5O2. The van der Waals surface area contributed by atoms with E-state index in [1.807, 2.05) is 0 Å². The summed E-state index contributed by atoms with van der Waals surface area (Å²) in [5.41, 5.74) is 2.52. The van der Waals surface area contributed by atoms with Gasteiger partial charge in [0.05, 0.1) is 18.2 Å². The third-order valence-electron chi connectivity index (χ3n) is 4.28. The van der Waals surface area contributed by atoms with Crippen LogP contribution in [-0.2, 0) is 12.1 Å². The number of amides is 1. The monoisotopic (exact) mass is 424 g/mol. The van der Waals surface area contributed by atoms with E-state index < -0.39 is 48.1 Å². The summed E-state index contributed by atoms with van der Waals surface area (Å²) < 4.78 is 53.1. The van der Waals surface area contributed by atoms with Crippen molar-refractivity contribution < 1.29 is 22.8 Å². The zero-order valence-corrected chi connectivity index (χ0v) is 15.6. The van der Waals surface area contributed by atoms with Crippen LogP contribution in [0.1, 0.15) is 26.9 Å². The molecule has 0 radical (unpaired) electrons. The normalized spacial score (nSPS) is 16.2. The molecule has 1 heterocycles. The van der Waals surface area contributed by atoms with Gasteiger partial charge in [-0.2, -0.15) is 5.10 Å². The van der Waals surface area contributed by atoms with Gasteiger partial charge >= 0.3 is 0 Å². The molecule has 3 rings (SSSR count). The van der Waals surface area contributed by atoms with E-state index in [-0.39, 0.29) is 16.3 Å². The molecule has 0 unspecified atom stereocenters. The summed E-state index contributed by atoms with van der Waals surface area (Å²) in [6.45, 7) is -3.65. The molecule has 152 valence electrons. The largest absolute Gasteiger partial charge is 0.398 e. The number of nitrogen functional groups attached to an aromatic ring is 1. The summed E-state index contributed by atoms with van der Waals surface area (Å²) in [6.07, 6.45) is 2.29. The smallest absolute Gasteiger partial charge is 0.253 e. The number of aromatic nitrogens is 3. The number of nitrogens with two attached hydrogens (primary N) is 1. The molecule has 0 saturated carbocycles. The molecule has 2 atom stereocenters. The van der Waals surface area contributed by atoms with Crippen LogP contribution in [0.5, 0.6) is 0 Å². The number of carbonyl (C=O) groups is 1. The van der Waals surface area contributed by atoms with Gasteiger partial charge < -0.3 is 16.2 Å². The van der Waals surface area contributed by atoms with Crippen LogP contribution in [0.15, 0.2) is 49.1 Å². The Kier molecular flexibility index (Phi) is 4.74. The van der Waals surface area contributed by atoms with Crippen molar-refractivity contribution in [2.75, 3.05) is 5.73 Å². The van der Waals surface area contributed by atoms with Crippen LogP contribution in [0, 0.1) is 11.6 Å². The van der Waals surface area contributed by atoms with Gasteiger partial charge in [-0.3, -0.25) is 4.79 Å². The van der Waals surface area contributed by atoms with Gasteiger partial charge in [-0.25, -0.2) is 18.4 Å². The van der Waals surface area contributed by atoms with Gasteiger partial charge in [-0.1, -0.05) is 17.7 Å². The highest BCUT2D eigenvalue weighted by Gasteiger charge is 2.40. The molecule has 0 aliphatic heterocycles. The number of halogens is 3. The minimum Gasteiger partial charge on any atom is -0.398 e. The Hall–Kier alpha value is -3.04. The lowest BCUT2D eigenvalue weighted by molar-refractivity contribution is -0.0186. The zero-order valence-electron chi connectivity index (χ0n) is 17.8. The highest BCUT2D eigenvalue weighted by molar-refractivity contribution is 6.31. The van der Waals surface area contributed by atoms with E-state index in [9.17, 15) is 18.7 Å². The van der Waals surface area contributed by atoms with Crippen LogP contribution in [0.2, 0.25) is 5.02 Å². The molecule has 0 bridgehead atoms. The second-order valence-corrected chi connectivity index (χ2v) is 6.72. The number of hydrogen-bond donors (Lipinski definition) is 3. The predicted molar refractivity (Wildman–Crippen MR) is 103 cm³/mol. The van der Waals surface area contributed by atoms with Crippen LogP contribution in [-0.4, -0.2) is 31.8 Å². The Morgan fingerprint density at radius 1 is 1.41 bits per heavy atom. The van der Waals surface area contributed by atoms with Crippen LogP contribution in [0.25, 0.3) is 0 Å². The number of aliphatic hydroxyl groups is 1. The van der Waals surface area contributed by atoms with Crippen molar-refractivity contribution in [1.29, 1.82) is 0 Å². The first-order valence-corrected chi connectivity index (χ1v) is 8.66. The summed E-state index contributed by atoms with van der Waals surface area (Å²) in [7, 11) is 0. The lowest BCUT2D eigenvalue weighted by atomic mass is 9.86.